The fraction of sp³-hybridized carbons (Fsp3) is 0.500. The van der Waals surface area contributed by atoms with E-state index in [1.807, 2.05) is 18.2 Å². The lowest BCUT2D eigenvalue weighted by Crippen LogP contribution is -2.30. The molecule has 0 radical (unpaired) electrons. The number of aryl methyl sites for hydroxylation is 1. The zero-order valence-electron chi connectivity index (χ0n) is 8.93. The summed E-state index contributed by atoms with van der Waals surface area (Å²) in [5.74, 6) is 0. The summed E-state index contributed by atoms with van der Waals surface area (Å²) in [4.78, 5) is 0. The van der Waals surface area contributed by atoms with E-state index in [-0.39, 0.29) is 12.6 Å². The Balaban J connectivity index is 2.03. The molecule has 1 atom stereocenters. The van der Waals surface area contributed by atoms with Crippen molar-refractivity contribution in [1.29, 1.82) is 0 Å². The molecule has 3 nitrogen and oxygen atoms in total. The second kappa shape index (κ2) is 7.40. The Bertz CT molecular complexity index is 251. The molecule has 0 spiro atoms. The van der Waals surface area contributed by atoms with Crippen LogP contribution in [-0.2, 0) is 11.2 Å². The van der Waals surface area contributed by atoms with E-state index in [9.17, 15) is 0 Å². The maximum Gasteiger partial charge on any atom is 0.0639 e. The lowest BCUT2D eigenvalue weighted by atomic mass is 10.1. The first-order valence-corrected chi connectivity index (χ1v) is 5.31. The van der Waals surface area contributed by atoms with Crippen LogP contribution < -0.4 is 5.73 Å². The summed E-state index contributed by atoms with van der Waals surface area (Å²) in [6.45, 7) is 1.12. The van der Waals surface area contributed by atoms with Crippen molar-refractivity contribution in [3.63, 3.8) is 0 Å². The summed E-state index contributed by atoms with van der Waals surface area (Å²) in [5, 5.41) is 8.66. The van der Waals surface area contributed by atoms with Gasteiger partial charge in [-0.1, -0.05) is 30.3 Å². The molecule has 0 amide bonds. The molecule has 0 aromatic heterocycles. The Morgan fingerprint density at radius 3 is 2.67 bits per heavy atom. The predicted molar refractivity (Wildman–Crippen MR) is 60.6 cm³/mol. The summed E-state index contributed by atoms with van der Waals surface area (Å²) in [6.07, 6.45) is 2.01. The van der Waals surface area contributed by atoms with Gasteiger partial charge in [0.25, 0.3) is 0 Å². The summed E-state index contributed by atoms with van der Waals surface area (Å²) >= 11 is 0. The van der Waals surface area contributed by atoms with E-state index in [4.69, 9.17) is 15.6 Å². The Hall–Kier alpha value is -0.900. The van der Waals surface area contributed by atoms with Crippen LogP contribution in [-0.4, -0.2) is 31.0 Å². The van der Waals surface area contributed by atoms with E-state index in [0.717, 1.165) is 12.8 Å². The third-order valence-electron chi connectivity index (χ3n) is 2.16. The largest absolute Gasteiger partial charge is 0.395 e. The lowest BCUT2D eigenvalue weighted by molar-refractivity contribution is 0.0994. The topological polar surface area (TPSA) is 55.5 Å². The van der Waals surface area contributed by atoms with Crippen LogP contribution in [0.25, 0.3) is 0 Å². The fourth-order valence-corrected chi connectivity index (χ4v) is 1.31. The number of hydrogen-bond acceptors (Lipinski definition) is 3. The van der Waals surface area contributed by atoms with Crippen molar-refractivity contribution in [1.82, 2.24) is 0 Å². The van der Waals surface area contributed by atoms with Crippen molar-refractivity contribution >= 4 is 0 Å². The van der Waals surface area contributed by atoms with Gasteiger partial charge in [0.15, 0.2) is 0 Å². The Morgan fingerprint density at radius 2 is 2.00 bits per heavy atom. The van der Waals surface area contributed by atoms with Gasteiger partial charge in [-0.25, -0.2) is 0 Å². The fourth-order valence-electron chi connectivity index (χ4n) is 1.31. The quantitative estimate of drug-likeness (QED) is 0.657. The van der Waals surface area contributed by atoms with Crippen molar-refractivity contribution in [2.24, 2.45) is 5.73 Å². The molecule has 0 aliphatic carbocycles. The van der Waals surface area contributed by atoms with Gasteiger partial charge in [0.2, 0.25) is 0 Å². The SMILES string of the molecule is NC(CO)COCCCc1ccccc1. The van der Waals surface area contributed by atoms with Gasteiger partial charge in [-0.05, 0) is 18.4 Å². The molecule has 0 saturated carbocycles. The first kappa shape index (κ1) is 12.2. The normalized spacial score (nSPS) is 12.7. The number of benzene rings is 1. The number of hydrogen-bond donors (Lipinski definition) is 2. The first-order chi connectivity index (χ1) is 7.33. The second-order valence-corrected chi connectivity index (χ2v) is 3.61. The van der Waals surface area contributed by atoms with Gasteiger partial charge in [-0.3, -0.25) is 0 Å². The van der Waals surface area contributed by atoms with E-state index >= 15 is 0 Å². The molecule has 1 aromatic rings. The molecular formula is C12H19NO2. The number of rotatable bonds is 7. The molecule has 0 saturated heterocycles. The highest BCUT2D eigenvalue weighted by molar-refractivity contribution is 5.14. The number of aliphatic hydroxyl groups is 1. The molecule has 0 aliphatic rings. The summed E-state index contributed by atoms with van der Waals surface area (Å²) in [6, 6.07) is 10.1. The van der Waals surface area contributed by atoms with E-state index in [1.54, 1.807) is 0 Å². The first-order valence-electron chi connectivity index (χ1n) is 5.31. The highest BCUT2D eigenvalue weighted by Gasteiger charge is 1.99. The minimum atomic E-state index is -0.248. The standard InChI is InChI=1S/C12H19NO2/c13-12(9-14)10-15-8-4-7-11-5-2-1-3-6-11/h1-3,5-6,12,14H,4,7-10,13H2. The zero-order valence-corrected chi connectivity index (χ0v) is 8.93. The van der Waals surface area contributed by atoms with Crippen LogP contribution in [0.5, 0.6) is 0 Å². The van der Waals surface area contributed by atoms with E-state index in [2.05, 4.69) is 12.1 Å². The molecule has 1 rings (SSSR count). The molecule has 0 heterocycles. The average Bonchev–Trinajstić information content (AvgIpc) is 2.29. The van der Waals surface area contributed by atoms with Gasteiger partial charge in [0.05, 0.1) is 19.3 Å². The van der Waals surface area contributed by atoms with Crippen LogP contribution in [0.1, 0.15) is 12.0 Å². The van der Waals surface area contributed by atoms with Crippen molar-refractivity contribution in [3.8, 4) is 0 Å². The van der Waals surface area contributed by atoms with Gasteiger partial charge < -0.3 is 15.6 Å². The second-order valence-electron chi connectivity index (χ2n) is 3.61. The van der Waals surface area contributed by atoms with Crippen molar-refractivity contribution < 1.29 is 9.84 Å². The predicted octanol–water partition coefficient (Wildman–Crippen LogP) is 0.955. The molecule has 0 bridgehead atoms. The Morgan fingerprint density at radius 1 is 1.27 bits per heavy atom. The van der Waals surface area contributed by atoms with Crippen molar-refractivity contribution in [3.05, 3.63) is 35.9 Å². The Kier molecular flexibility index (Phi) is 6.00. The van der Waals surface area contributed by atoms with Gasteiger partial charge in [0, 0.05) is 6.61 Å². The van der Waals surface area contributed by atoms with E-state index in [1.165, 1.54) is 5.56 Å². The summed E-state index contributed by atoms with van der Waals surface area (Å²) in [7, 11) is 0. The Labute approximate surface area is 90.9 Å². The number of ether oxygens (including phenoxy) is 1. The van der Waals surface area contributed by atoms with Crippen molar-refractivity contribution in [2.75, 3.05) is 19.8 Å². The number of aliphatic hydroxyl groups excluding tert-OH is 1. The molecule has 0 aliphatic heterocycles. The minimum absolute atomic E-state index is 0.0152. The molecule has 0 fully saturated rings. The average molecular weight is 209 g/mol. The maximum atomic E-state index is 8.66. The van der Waals surface area contributed by atoms with Crippen LogP contribution in [0.3, 0.4) is 0 Å². The van der Waals surface area contributed by atoms with Crippen molar-refractivity contribution in [2.45, 2.75) is 18.9 Å². The monoisotopic (exact) mass is 209 g/mol. The third kappa shape index (κ3) is 5.52. The van der Waals surface area contributed by atoms with Crippen LogP contribution in [0.4, 0.5) is 0 Å². The van der Waals surface area contributed by atoms with E-state index < -0.39 is 0 Å². The van der Waals surface area contributed by atoms with Gasteiger partial charge in [0.1, 0.15) is 0 Å². The van der Waals surface area contributed by atoms with Gasteiger partial charge >= 0.3 is 0 Å². The molecule has 1 aromatic carbocycles. The van der Waals surface area contributed by atoms with E-state index in [0.29, 0.717) is 13.2 Å². The maximum absolute atomic E-state index is 8.66. The summed E-state index contributed by atoms with van der Waals surface area (Å²) in [5.41, 5.74) is 6.82. The zero-order chi connectivity index (χ0) is 10.9. The van der Waals surface area contributed by atoms with Gasteiger partial charge in [-0.15, -0.1) is 0 Å². The van der Waals surface area contributed by atoms with Crippen LogP contribution in [0.2, 0.25) is 0 Å². The smallest absolute Gasteiger partial charge is 0.0639 e. The van der Waals surface area contributed by atoms with Crippen LogP contribution in [0.15, 0.2) is 30.3 Å². The molecule has 3 heteroatoms. The molecular weight excluding hydrogens is 190 g/mol. The van der Waals surface area contributed by atoms with Crippen LogP contribution >= 0.6 is 0 Å². The van der Waals surface area contributed by atoms with Gasteiger partial charge in [-0.2, -0.15) is 0 Å². The lowest BCUT2D eigenvalue weighted by Gasteiger charge is -2.08. The molecule has 84 valence electrons. The minimum Gasteiger partial charge on any atom is -0.395 e. The molecule has 15 heavy (non-hydrogen) atoms. The third-order valence-corrected chi connectivity index (χ3v) is 2.16. The van der Waals surface area contributed by atoms with Crippen LogP contribution in [0, 0.1) is 0 Å². The number of nitrogens with two attached hydrogens (primary N) is 1. The molecule has 1 unspecified atom stereocenters. The highest BCUT2D eigenvalue weighted by atomic mass is 16.5. The summed E-state index contributed by atoms with van der Waals surface area (Å²) < 4.78 is 5.32. The molecule has 3 N–H and O–H groups in total. The highest BCUT2D eigenvalue weighted by Crippen LogP contribution is 2.02.